The molecule has 0 aliphatic rings. The first kappa shape index (κ1) is 13.7. The van der Waals surface area contributed by atoms with Gasteiger partial charge in [0.2, 0.25) is 5.95 Å². The number of rotatable bonds is 3. The molecule has 0 aliphatic heterocycles. The maximum Gasteiger partial charge on any atom is 0.201 e. The number of anilines is 1. The zero-order chi connectivity index (χ0) is 15.0. The van der Waals surface area contributed by atoms with Crippen LogP contribution >= 0.6 is 11.3 Å². The Morgan fingerprint density at radius 2 is 2.19 bits per heavy atom. The van der Waals surface area contributed by atoms with Gasteiger partial charge in [-0.25, -0.2) is 4.98 Å². The fraction of sp³-hybridized carbons (Fsp3) is 0.250. The van der Waals surface area contributed by atoms with E-state index in [-0.39, 0.29) is 5.41 Å². The van der Waals surface area contributed by atoms with Crippen LogP contribution < -0.4 is 5.73 Å². The zero-order valence-corrected chi connectivity index (χ0v) is 12.8. The van der Waals surface area contributed by atoms with Gasteiger partial charge in [0.15, 0.2) is 0 Å². The van der Waals surface area contributed by atoms with Crippen molar-refractivity contribution < 1.29 is 0 Å². The van der Waals surface area contributed by atoms with Gasteiger partial charge in [0.25, 0.3) is 0 Å². The van der Waals surface area contributed by atoms with Gasteiger partial charge in [-0.15, -0.1) is 11.3 Å². The SMILES string of the molecule is CC(C)(Cn1c(N)nc2ccc(C#N)cc21)c1cccs1. The second-order valence-corrected chi connectivity index (χ2v) is 6.68. The van der Waals surface area contributed by atoms with Crippen molar-refractivity contribution in [1.29, 1.82) is 5.26 Å². The molecule has 2 aromatic heterocycles. The van der Waals surface area contributed by atoms with Crippen LogP contribution in [0.2, 0.25) is 0 Å². The highest BCUT2D eigenvalue weighted by Gasteiger charge is 2.24. The van der Waals surface area contributed by atoms with Gasteiger partial charge in [-0.1, -0.05) is 19.9 Å². The summed E-state index contributed by atoms with van der Waals surface area (Å²) in [6.07, 6.45) is 0. The summed E-state index contributed by atoms with van der Waals surface area (Å²) in [5.41, 5.74) is 8.40. The number of hydrogen-bond acceptors (Lipinski definition) is 4. The van der Waals surface area contributed by atoms with Gasteiger partial charge in [-0.05, 0) is 29.6 Å². The number of nitrogens with zero attached hydrogens (tertiary/aromatic N) is 3. The predicted octanol–water partition coefficient (Wildman–Crippen LogP) is 3.53. The van der Waals surface area contributed by atoms with Gasteiger partial charge in [0.05, 0.1) is 22.7 Å². The van der Waals surface area contributed by atoms with E-state index in [9.17, 15) is 0 Å². The van der Waals surface area contributed by atoms with Gasteiger partial charge < -0.3 is 10.3 Å². The Bertz CT molecular complexity index is 822. The van der Waals surface area contributed by atoms with E-state index in [1.165, 1.54) is 4.88 Å². The second-order valence-electron chi connectivity index (χ2n) is 5.73. The molecule has 2 heterocycles. The molecule has 3 aromatic rings. The summed E-state index contributed by atoms with van der Waals surface area (Å²) in [7, 11) is 0. The Balaban J connectivity index is 2.08. The zero-order valence-electron chi connectivity index (χ0n) is 12.0. The number of fused-ring (bicyclic) bond motifs is 1. The molecule has 0 saturated carbocycles. The maximum atomic E-state index is 9.07. The fourth-order valence-electron chi connectivity index (χ4n) is 2.51. The summed E-state index contributed by atoms with van der Waals surface area (Å²) in [4.78, 5) is 5.69. The molecule has 0 spiro atoms. The minimum atomic E-state index is -0.0431. The minimum absolute atomic E-state index is 0.0431. The molecule has 3 rings (SSSR count). The number of nitriles is 1. The van der Waals surface area contributed by atoms with Crippen LogP contribution in [-0.2, 0) is 12.0 Å². The van der Waals surface area contributed by atoms with Crippen molar-refractivity contribution in [1.82, 2.24) is 9.55 Å². The van der Waals surface area contributed by atoms with E-state index in [4.69, 9.17) is 11.0 Å². The first-order chi connectivity index (χ1) is 10.0. The molecule has 2 N–H and O–H groups in total. The van der Waals surface area contributed by atoms with E-state index in [1.807, 2.05) is 16.7 Å². The smallest absolute Gasteiger partial charge is 0.201 e. The van der Waals surface area contributed by atoms with E-state index in [0.717, 1.165) is 17.6 Å². The van der Waals surface area contributed by atoms with Crippen molar-refractivity contribution >= 4 is 28.3 Å². The van der Waals surface area contributed by atoms with Gasteiger partial charge in [-0.3, -0.25) is 0 Å². The van der Waals surface area contributed by atoms with Gasteiger partial charge in [0, 0.05) is 16.8 Å². The van der Waals surface area contributed by atoms with E-state index >= 15 is 0 Å². The van der Waals surface area contributed by atoms with Gasteiger partial charge >= 0.3 is 0 Å². The van der Waals surface area contributed by atoms with E-state index in [0.29, 0.717) is 11.5 Å². The predicted molar refractivity (Wildman–Crippen MR) is 86.2 cm³/mol. The standard InChI is InChI=1S/C16H16N4S/c1-16(2,14-4-3-7-21-14)10-20-13-8-11(9-17)5-6-12(13)19-15(20)18/h3-8H,10H2,1-2H3,(H2,18,19). The largest absolute Gasteiger partial charge is 0.369 e. The van der Waals surface area contributed by atoms with Gasteiger partial charge in [-0.2, -0.15) is 5.26 Å². The van der Waals surface area contributed by atoms with Crippen LogP contribution in [0, 0.1) is 11.3 Å². The van der Waals surface area contributed by atoms with Crippen LogP contribution in [-0.4, -0.2) is 9.55 Å². The van der Waals surface area contributed by atoms with Crippen LogP contribution in [0.5, 0.6) is 0 Å². The fourth-order valence-corrected chi connectivity index (χ4v) is 3.36. The Morgan fingerprint density at radius 3 is 2.86 bits per heavy atom. The molecular weight excluding hydrogens is 280 g/mol. The minimum Gasteiger partial charge on any atom is -0.369 e. The Labute approximate surface area is 127 Å². The Hall–Kier alpha value is -2.32. The van der Waals surface area contributed by atoms with Crippen LogP contribution in [0.25, 0.3) is 11.0 Å². The number of nitrogens with two attached hydrogens (primary N) is 1. The van der Waals surface area contributed by atoms with Gasteiger partial charge in [0.1, 0.15) is 0 Å². The third-order valence-electron chi connectivity index (χ3n) is 3.65. The number of nitrogen functional groups attached to an aromatic ring is 1. The highest BCUT2D eigenvalue weighted by molar-refractivity contribution is 7.10. The van der Waals surface area contributed by atoms with Crippen molar-refractivity contribution in [2.45, 2.75) is 25.8 Å². The highest BCUT2D eigenvalue weighted by atomic mass is 32.1. The third-order valence-corrected chi connectivity index (χ3v) is 4.88. The summed E-state index contributed by atoms with van der Waals surface area (Å²) < 4.78 is 2.00. The van der Waals surface area contributed by atoms with Crippen molar-refractivity contribution in [3.8, 4) is 6.07 Å². The third kappa shape index (κ3) is 2.39. The molecule has 0 amide bonds. The van der Waals surface area contributed by atoms with Crippen molar-refractivity contribution in [3.63, 3.8) is 0 Å². The first-order valence-electron chi connectivity index (χ1n) is 6.71. The van der Waals surface area contributed by atoms with Crippen molar-refractivity contribution in [3.05, 3.63) is 46.2 Å². The number of aromatic nitrogens is 2. The lowest BCUT2D eigenvalue weighted by molar-refractivity contribution is 0.453. The number of benzene rings is 1. The number of hydrogen-bond donors (Lipinski definition) is 1. The van der Waals surface area contributed by atoms with E-state index in [1.54, 1.807) is 17.4 Å². The summed E-state index contributed by atoms with van der Waals surface area (Å²) in [6.45, 7) is 5.11. The monoisotopic (exact) mass is 296 g/mol. The lowest BCUT2D eigenvalue weighted by Crippen LogP contribution is -2.24. The maximum absolute atomic E-state index is 9.07. The first-order valence-corrected chi connectivity index (χ1v) is 7.59. The summed E-state index contributed by atoms with van der Waals surface area (Å²) in [5, 5.41) is 11.2. The van der Waals surface area contributed by atoms with Crippen molar-refractivity contribution in [2.24, 2.45) is 0 Å². The highest BCUT2D eigenvalue weighted by Crippen LogP contribution is 2.31. The molecule has 0 saturated heterocycles. The second kappa shape index (κ2) is 4.90. The number of imidazole rings is 1. The molecule has 0 aliphatic carbocycles. The summed E-state index contributed by atoms with van der Waals surface area (Å²) >= 11 is 1.74. The molecule has 0 radical (unpaired) electrons. The van der Waals surface area contributed by atoms with Crippen molar-refractivity contribution in [2.75, 3.05) is 5.73 Å². The molecule has 0 atom stereocenters. The average molecular weight is 296 g/mol. The number of thiophene rings is 1. The summed E-state index contributed by atoms with van der Waals surface area (Å²) in [6, 6.07) is 11.8. The van der Waals surface area contributed by atoms with Crippen LogP contribution in [0.15, 0.2) is 35.7 Å². The Morgan fingerprint density at radius 1 is 1.38 bits per heavy atom. The topological polar surface area (TPSA) is 67.6 Å². The molecule has 106 valence electrons. The molecule has 1 aromatic carbocycles. The molecule has 0 unspecified atom stereocenters. The van der Waals surface area contributed by atoms with E-state index < -0.39 is 0 Å². The molecule has 0 bridgehead atoms. The van der Waals surface area contributed by atoms with E-state index in [2.05, 4.69) is 42.4 Å². The van der Waals surface area contributed by atoms with Crippen LogP contribution in [0.1, 0.15) is 24.3 Å². The normalized spacial score (nSPS) is 11.7. The molecule has 5 heteroatoms. The lowest BCUT2D eigenvalue weighted by atomic mass is 9.91. The summed E-state index contributed by atoms with van der Waals surface area (Å²) in [5.74, 6) is 0.490. The molecule has 4 nitrogen and oxygen atoms in total. The molecular formula is C16H16N4S. The average Bonchev–Trinajstić information content (AvgIpc) is 3.08. The molecule has 0 fully saturated rings. The molecule has 21 heavy (non-hydrogen) atoms. The Kier molecular flexibility index (Phi) is 3.19. The quantitative estimate of drug-likeness (QED) is 0.804. The lowest BCUT2D eigenvalue weighted by Gasteiger charge is -2.24. The van der Waals surface area contributed by atoms with Crippen LogP contribution in [0.4, 0.5) is 5.95 Å². The van der Waals surface area contributed by atoms with Crippen LogP contribution in [0.3, 0.4) is 0 Å².